The van der Waals surface area contributed by atoms with Crippen LogP contribution in [0.5, 0.6) is 0 Å². The minimum Gasteiger partial charge on any atom is -0.389 e. The van der Waals surface area contributed by atoms with Crippen molar-refractivity contribution in [1.82, 2.24) is 5.32 Å². The Balaban J connectivity index is 3.13. The zero-order valence-corrected chi connectivity index (χ0v) is 12.4. The number of unbranched alkanes of at least 4 members (excludes halogenated alkanes) is 2. The molecule has 17 heavy (non-hydrogen) atoms. The molecule has 1 unspecified atom stereocenters. The molecule has 0 aromatic heterocycles. The van der Waals surface area contributed by atoms with E-state index in [4.69, 9.17) is 4.74 Å². The Kier molecular flexibility index (Phi) is 12.9. The first kappa shape index (κ1) is 17.2. The van der Waals surface area contributed by atoms with Gasteiger partial charge in [-0.25, -0.2) is 0 Å². The van der Waals surface area contributed by atoms with Gasteiger partial charge in [-0.05, 0) is 37.3 Å². The lowest BCUT2D eigenvalue weighted by molar-refractivity contribution is 0.0262. The molecule has 2 N–H and O–H groups in total. The number of hydrogen-bond donors (Lipinski definition) is 2. The Morgan fingerprint density at radius 3 is 2.59 bits per heavy atom. The number of aliphatic hydroxyl groups is 1. The summed E-state index contributed by atoms with van der Waals surface area (Å²) >= 11 is 1.90. The molecule has 0 aliphatic heterocycles. The van der Waals surface area contributed by atoms with Crippen LogP contribution >= 0.6 is 11.8 Å². The minimum atomic E-state index is -0.375. The number of thioether (sulfide) groups is 1. The topological polar surface area (TPSA) is 41.5 Å². The summed E-state index contributed by atoms with van der Waals surface area (Å²) in [6.45, 7) is 7.03. The Labute approximate surface area is 111 Å². The maximum Gasteiger partial charge on any atom is 0.0897 e. The molecule has 4 heteroatoms. The van der Waals surface area contributed by atoms with Gasteiger partial charge >= 0.3 is 0 Å². The fourth-order valence-electron chi connectivity index (χ4n) is 1.44. The summed E-state index contributed by atoms with van der Waals surface area (Å²) in [6.07, 6.45) is 5.53. The number of ether oxygens (including phenoxy) is 1. The minimum absolute atomic E-state index is 0.375. The number of rotatable bonds is 12. The zero-order chi connectivity index (χ0) is 12.9. The lowest BCUT2D eigenvalue weighted by atomic mass is 10.2. The average molecular weight is 263 g/mol. The van der Waals surface area contributed by atoms with Crippen molar-refractivity contribution >= 4 is 11.8 Å². The van der Waals surface area contributed by atoms with E-state index in [2.05, 4.69) is 25.4 Å². The highest BCUT2D eigenvalue weighted by molar-refractivity contribution is 7.98. The maximum atomic E-state index is 9.61. The molecule has 0 bridgehead atoms. The van der Waals surface area contributed by atoms with Crippen LogP contribution in [-0.2, 0) is 4.74 Å². The summed E-state index contributed by atoms with van der Waals surface area (Å²) in [5.41, 5.74) is 0. The predicted octanol–water partition coefficient (Wildman–Crippen LogP) is 2.14. The smallest absolute Gasteiger partial charge is 0.0897 e. The maximum absolute atomic E-state index is 9.61. The highest BCUT2D eigenvalue weighted by Gasteiger charge is 2.04. The Hall–Kier alpha value is 0.230. The van der Waals surface area contributed by atoms with E-state index in [1.165, 1.54) is 25.0 Å². The van der Waals surface area contributed by atoms with Crippen molar-refractivity contribution in [1.29, 1.82) is 0 Å². The summed E-state index contributed by atoms with van der Waals surface area (Å²) in [7, 11) is 0. The first-order valence-corrected chi connectivity index (χ1v) is 8.01. The van der Waals surface area contributed by atoms with E-state index in [9.17, 15) is 5.11 Å². The highest BCUT2D eigenvalue weighted by atomic mass is 32.2. The van der Waals surface area contributed by atoms with Crippen LogP contribution in [0, 0.1) is 5.92 Å². The number of hydrogen-bond acceptors (Lipinski definition) is 4. The summed E-state index contributed by atoms with van der Waals surface area (Å²) in [4.78, 5) is 0. The van der Waals surface area contributed by atoms with Gasteiger partial charge in [-0.15, -0.1) is 0 Å². The van der Waals surface area contributed by atoms with E-state index in [1.807, 2.05) is 11.8 Å². The lowest BCUT2D eigenvalue weighted by Gasteiger charge is -2.13. The fraction of sp³-hybridized carbons (Fsp3) is 1.00. The summed E-state index contributed by atoms with van der Waals surface area (Å²) in [6, 6.07) is 0. The first-order valence-electron chi connectivity index (χ1n) is 6.62. The van der Waals surface area contributed by atoms with Crippen LogP contribution in [0.15, 0.2) is 0 Å². The molecular formula is C13H29NO2S. The second-order valence-corrected chi connectivity index (χ2v) is 5.83. The third kappa shape index (κ3) is 14.2. The standard InChI is InChI=1S/C13H29NO2S/c1-12(2)10-16-11-13(15)9-14-7-5-4-6-8-17-3/h12-15H,4-11H2,1-3H3. The van der Waals surface area contributed by atoms with Crippen LogP contribution in [-0.4, -0.2) is 49.5 Å². The molecule has 1 atom stereocenters. The Bertz CT molecular complexity index is 156. The average Bonchev–Trinajstić information content (AvgIpc) is 2.27. The molecule has 104 valence electrons. The monoisotopic (exact) mass is 263 g/mol. The van der Waals surface area contributed by atoms with Gasteiger partial charge in [-0.3, -0.25) is 0 Å². The van der Waals surface area contributed by atoms with Gasteiger partial charge in [0.25, 0.3) is 0 Å². The van der Waals surface area contributed by atoms with Gasteiger partial charge in [0.1, 0.15) is 0 Å². The molecule has 3 nitrogen and oxygen atoms in total. The molecule has 0 saturated carbocycles. The zero-order valence-electron chi connectivity index (χ0n) is 11.6. The van der Waals surface area contributed by atoms with E-state index in [0.717, 1.165) is 13.2 Å². The lowest BCUT2D eigenvalue weighted by Crippen LogP contribution is -2.31. The molecule has 0 radical (unpaired) electrons. The van der Waals surface area contributed by atoms with Crippen LogP contribution in [0.25, 0.3) is 0 Å². The number of nitrogens with one attached hydrogen (secondary N) is 1. The molecule has 0 fully saturated rings. The molecule has 0 aromatic rings. The van der Waals surface area contributed by atoms with Crippen LogP contribution in [0.1, 0.15) is 33.1 Å². The Morgan fingerprint density at radius 1 is 1.18 bits per heavy atom. The molecule has 0 spiro atoms. The van der Waals surface area contributed by atoms with E-state index in [1.54, 1.807) is 0 Å². The second kappa shape index (κ2) is 12.7. The van der Waals surface area contributed by atoms with Crippen molar-refractivity contribution in [3.05, 3.63) is 0 Å². The normalized spacial score (nSPS) is 13.2. The van der Waals surface area contributed by atoms with E-state index < -0.39 is 0 Å². The largest absolute Gasteiger partial charge is 0.389 e. The third-order valence-corrected chi connectivity index (χ3v) is 3.04. The second-order valence-electron chi connectivity index (χ2n) is 4.84. The molecule has 0 aliphatic carbocycles. The molecule has 0 amide bonds. The van der Waals surface area contributed by atoms with Crippen molar-refractivity contribution in [3.63, 3.8) is 0 Å². The molecule has 0 rings (SSSR count). The molecule has 0 heterocycles. The van der Waals surface area contributed by atoms with Crippen molar-refractivity contribution in [2.24, 2.45) is 5.92 Å². The van der Waals surface area contributed by atoms with Gasteiger partial charge in [0.2, 0.25) is 0 Å². The summed E-state index contributed by atoms with van der Waals surface area (Å²) in [5.74, 6) is 1.79. The van der Waals surface area contributed by atoms with Gasteiger partial charge in [0.15, 0.2) is 0 Å². The van der Waals surface area contributed by atoms with Crippen molar-refractivity contribution in [2.45, 2.75) is 39.2 Å². The molecular weight excluding hydrogens is 234 g/mol. The van der Waals surface area contributed by atoms with E-state index in [0.29, 0.717) is 19.1 Å². The molecule has 0 saturated heterocycles. The highest BCUT2D eigenvalue weighted by Crippen LogP contribution is 2.01. The quantitative estimate of drug-likeness (QED) is 0.529. The SMILES string of the molecule is CSCCCCCNCC(O)COCC(C)C. The van der Waals surface area contributed by atoms with Crippen molar-refractivity contribution in [2.75, 3.05) is 38.3 Å². The van der Waals surface area contributed by atoms with Crippen LogP contribution in [0.3, 0.4) is 0 Å². The number of aliphatic hydroxyl groups excluding tert-OH is 1. The Morgan fingerprint density at radius 2 is 1.94 bits per heavy atom. The van der Waals surface area contributed by atoms with Gasteiger partial charge < -0.3 is 15.2 Å². The van der Waals surface area contributed by atoms with Crippen LogP contribution < -0.4 is 5.32 Å². The van der Waals surface area contributed by atoms with E-state index in [-0.39, 0.29) is 6.10 Å². The summed E-state index contributed by atoms with van der Waals surface area (Å²) in [5, 5.41) is 12.9. The van der Waals surface area contributed by atoms with E-state index >= 15 is 0 Å². The van der Waals surface area contributed by atoms with Gasteiger partial charge in [0.05, 0.1) is 12.7 Å². The molecule has 0 aliphatic rings. The first-order chi connectivity index (χ1) is 8.16. The molecule has 0 aromatic carbocycles. The summed E-state index contributed by atoms with van der Waals surface area (Å²) < 4.78 is 5.37. The fourth-order valence-corrected chi connectivity index (χ4v) is 1.93. The predicted molar refractivity (Wildman–Crippen MR) is 76.8 cm³/mol. The van der Waals surface area contributed by atoms with Gasteiger partial charge in [-0.1, -0.05) is 20.3 Å². The van der Waals surface area contributed by atoms with Gasteiger partial charge in [0, 0.05) is 13.2 Å². The third-order valence-electron chi connectivity index (χ3n) is 2.34. The van der Waals surface area contributed by atoms with Crippen LogP contribution in [0.4, 0.5) is 0 Å². The van der Waals surface area contributed by atoms with Crippen molar-refractivity contribution < 1.29 is 9.84 Å². The van der Waals surface area contributed by atoms with Crippen LogP contribution in [0.2, 0.25) is 0 Å². The van der Waals surface area contributed by atoms with Crippen molar-refractivity contribution in [3.8, 4) is 0 Å². The van der Waals surface area contributed by atoms with Gasteiger partial charge in [-0.2, -0.15) is 11.8 Å².